The molecule has 2 amide bonds. The molecule has 0 spiro atoms. The molecule has 2 rings (SSSR count). The highest BCUT2D eigenvalue weighted by Gasteiger charge is 2.21. The highest BCUT2D eigenvalue weighted by Crippen LogP contribution is 2.23. The first-order valence-electron chi connectivity index (χ1n) is 7.15. The molecule has 0 atom stereocenters. The van der Waals surface area contributed by atoms with Gasteiger partial charge in [0.25, 0.3) is 0 Å². The van der Waals surface area contributed by atoms with Crippen LogP contribution in [-0.2, 0) is 4.74 Å². The first-order valence-corrected chi connectivity index (χ1v) is 7.15. The summed E-state index contributed by atoms with van der Waals surface area (Å²) in [5.41, 5.74) is 0.701. The molecule has 21 heavy (non-hydrogen) atoms. The Morgan fingerprint density at radius 2 is 1.90 bits per heavy atom. The van der Waals surface area contributed by atoms with Gasteiger partial charge in [-0.05, 0) is 12.1 Å². The number of piperazine rings is 1. The van der Waals surface area contributed by atoms with Crippen molar-refractivity contribution in [1.82, 2.24) is 9.80 Å². The van der Waals surface area contributed by atoms with Crippen LogP contribution in [-0.4, -0.2) is 69.4 Å². The van der Waals surface area contributed by atoms with Crippen molar-refractivity contribution in [3.63, 3.8) is 0 Å². The fraction of sp³-hybridized carbons (Fsp3) is 0.533. The molecule has 116 valence electrons. The lowest BCUT2D eigenvalue weighted by Gasteiger charge is -2.34. The molecule has 1 fully saturated rings. The monoisotopic (exact) mass is 293 g/mol. The maximum Gasteiger partial charge on any atom is 0.322 e. The van der Waals surface area contributed by atoms with E-state index in [1.807, 2.05) is 29.2 Å². The number of amides is 2. The fourth-order valence-corrected chi connectivity index (χ4v) is 2.34. The molecule has 1 aromatic rings. The van der Waals surface area contributed by atoms with Gasteiger partial charge in [0.05, 0.1) is 19.4 Å². The van der Waals surface area contributed by atoms with E-state index in [0.717, 1.165) is 39.3 Å². The largest absolute Gasteiger partial charge is 0.495 e. The van der Waals surface area contributed by atoms with Crippen LogP contribution in [0.15, 0.2) is 24.3 Å². The van der Waals surface area contributed by atoms with Gasteiger partial charge in [0, 0.05) is 39.8 Å². The van der Waals surface area contributed by atoms with Gasteiger partial charge in [-0.1, -0.05) is 12.1 Å². The van der Waals surface area contributed by atoms with Crippen molar-refractivity contribution < 1.29 is 14.3 Å². The van der Waals surface area contributed by atoms with Crippen molar-refractivity contribution in [1.29, 1.82) is 0 Å². The third kappa shape index (κ3) is 4.34. The molecule has 1 saturated heterocycles. The first kappa shape index (κ1) is 15.6. The minimum Gasteiger partial charge on any atom is -0.495 e. The molecule has 6 nitrogen and oxygen atoms in total. The van der Waals surface area contributed by atoms with E-state index in [1.165, 1.54) is 0 Å². The van der Waals surface area contributed by atoms with Gasteiger partial charge in [0.2, 0.25) is 0 Å². The van der Waals surface area contributed by atoms with Crippen molar-refractivity contribution in [2.45, 2.75) is 0 Å². The lowest BCUT2D eigenvalue weighted by Crippen LogP contribution is -2.50. The number of urea groups is 1. The minimum absolute atomic E-state index is 0.0779. The number of carbonyl (C=O) groups excluding carboxylic acids is 1. The summed E-state index contributed by atoms with van der Waals surface area (Å²) in [6, 6.07) is 7.35. The molecule has 0 radical (unpaired) electrons. The molecule has 1 aliphatic heterocycles. The molecule has 1 N–H and O–H groups in total. The number of nitrogens with one attached hydrogen (secondary N) is 1. The van der Waals surface area contributed by atoms with E-state index in [-0.39, 0.29) is 6.03 Å². The summed E-state index contributed by atoms with van der Waals surface area (Å²) >= 11 is 0. The Hall–Kier alpha value is -1.79. The topological polar surface area (TPSA) is 54.0 Å². The molecule has 1 heterocycles. The lowest BCUT2D eigenvalue weighted by molar-refractivity contribution is 0.109. The van der Waals surface area contributed by atoms with E-state index in [0.29, 0.717) is 11.4 Å². The molecule has 0 unspecified atom stereocenters. The predicted molar refractivity (Wildman–Crippen MR) is 81.9 cm³/mol. The van der Waals surface area contributed by atoms with Crippen molar-refractivity contribution in [2.24, 2.45) is 0 Å². The van der Waals surface area contributed by atoms with E-state index in [2.05, 4.69) is 10.2 Å². The number of nitrogens with zero attached hydrogens (tertiary/aromatic N) is 2. The Labute approximate surface area is 125 Å². The average Bonchev–Trinajstić information content (AvgIpc) is 2.54. The third-order valence-electron chi connectivity index (χ3n) is 3.62. The van der Waals surface area contributed by atoms with Gasteiger partial charge >= 0.3 is 6.03 Å². The van der Waals surface area contributed by atoms with E-state index in [9.17, 15) is 4.79 Å². The summed E-state index contributed by atoms with van der Waals surface area (Å²) in [6.45, 7) is 4.85. The minimum atomic E-state index is -0.0779. The SMILES string of the molecule is COCCN1CCN(C(=O)Nc2ccccc2OC)CC1. The maximum atomic E-state index is 12.3. The van der Waals surface area contributed by atoms with Gasteiger partial charge < -0.3 is 19.7 Å². The molecular weight excluding hydrogens is 270 g/mol. The van der Waals surface area contributed by atoms with Crippen LogP contribution < -0.4 is 10.1 Å². The van der Waals surface area contributed by atoms with E-state index >= 15 is 0 Å². The Morgan fingerprint density at radius 1 is 1.19 bits per heavy atom. The number of hydrogen-bond acceptors (Lipinski definition) is 4. The normalized spacial score (nSPS) is 15.8. The molecule has 0 aromatic heterocycles. The molecule has 6 heteroatoms. The van der Waals surface area contributed by atoms with Crippen LogP contribution >= 0.6 is 0 Å². The fourth-order valence-electron chi connectivity index (χ4n) is 2.34. The van der Waals surface area contributed by atoms with Gasteiger partial charge in [-0.3, -0.25) is 4.90 Å². The van der Waals surface area contributed by atoms with Crippen LogP contribution in [0.25, 0.3) is 0 Å². The predicted octanol–water partition coefficient (Wildman–Crippen LogP) is 1.49. The number of benzene rings is 1. The van der Waals surface area contributed by atoms with Crippen molar-refractivity contribution >= 4 is 11.7 Å². The zero-order chi connectivity index (χ0) is 15.1. The summed E-state index contributed by atoms with van der Waals surface area (Å²) in [4.78, 5) is 16.4. The molecule has 0 aliphatic carbocycles. The zero-order valence-electron chi connectivity index (χ0n) is 12.7. The van der Waals surface area contributed by atoms with Crippen molar-refractivity contribution in [3.8, 4) is 5.75 Å². The van der Waals surface area contributed by atoms with Crippen LogP contribution in [0.1, 0.15) is 0 Å². The zero-order valence-corrected chi connectivity index (χ0v) is 12.7. The molecule has 0 saturated carbocycles. The smallest absolute Gasteiger partial charge is 0.322 e. The Morgan fingerprint density at radius 3 is 2.57 bits per heavy atom. The number of methoxy groups -OCH3 is 2. The summed E-state index contributed by atoms with van der Waals surface area (Å²) in [7, 11) is 3.30. The molecule has 0 bridgehead atoms. The van der Waals surface area contributed by atoms with Gasteiger partial charge in [0.1, 0.15) is 5.75 Å². The van der Waals surface area contributed by atoms with Crippen LogP contribution in [0.3, 0.4) is 0 Å². The summed E-state index contributed by atoms with van der Waals surface area (Å²) in [5.74, 6) is 0.671. The molecule has 1 aromatic carbocycles. The number of anilines is 1. The summed E-state index contributed by atoms with van der Waals surface area (Å²) < 4.78 is 10.3. The van der Waals surface area contributed by atoms with Crippen LogP contribution in [0.4, 0.5) is 10.5 Å². The number of ether oxygens (including phenoxy) is 2. The molecular formula is C15H23N3O3. The third-order valence-corrected chi connectivity index (χ3v) is 3.62. The van der Waals surface area contributed by atoms with Crippen LogP contribution in [0.5, 0.6) is 5.75 Å². The number of para-hydroxylation sites is 2. The highest BCUT2D eigenvalue weighted by atomic mass is 16.5. The lowest BCUT2D eigenvalue weighted by atomic mass is 10.3. The van der Waals surface area contributed by atoms with Gasteiger partial charge in [-0.15, -0.1) is 0 Å². The second-order valence-electron chi connectivity index (χ2n) is 4.95. The average molecular weight is 293 g/mol. The highest BCUT2D eigenvalue weighted by molar-refractivity contribution is 5.91. The standard InChI is InChI=1S/C15H23N3O3/c1-20-12-11-17-7-9-18(10-8-17)15(19)16-13-5-3-4-6-14(13)21-2/h3-6H,7-12H2,1-2H3,(H,16,19). The van der Waals surface area contributed by atoms with E-state index < -0.39 is 0 Å². The Kier molecular flexibility index (Phi) is 5.83. The first-order chi connectivity index (χ1) is 10.2. The quantitative estimate of drug-likeness (QED) is 0.893. The number of rotatable bonds is 5. The summed E-state index contributed by atoms with van der Waals surface area (Å²) in [5, 5.41) is 2.91. The van der Waals surface area contributed by atoms with Gasteiger partial charge in [-0.2, -0.15) is 0 Å². The van der Waals surface area contributed by atoms with Crippen LogP contribution in [0, 0.1) is 0 Å². The number of hydrogen-bond donors (Lipinski definition) is 1. The molecule has 1 aliphatic rings. The van der Waals surface area contributed by atoms with Gasteiger partial charge in [-0.25, -0.2) is 4.79 Å². The Balaban J connectivity index is 1.85. The summed E-state index contributed by atoms with van der Waals surface area (Å²) in [6.07, 6.45) is 0. The van der Waals surface area contributed by atoms with Crippen molar-refractivity contribution in [3.05, 3.63) is 24.3 Å². The Bertz CT molecular complexity index is 459. The second kappa shape index (κ2) is 7.85. The number of carbonyl (C=O) groups is 1. The van der Waals surface area contributed by atoms with E-state index in [1.54, 1.807) is 14.2 Å². The van der Waals surface area contributed by atoms with Crippen LogP contribution in [0.2, 0.25) is 0 Å². The van der Waals surface area contributed by atoms with E-state index in [4.69, 9.17) is 9.47 Å². The van der Waals surface area contributed by atoms with Crippen molar-refractivity contribution in [2.75, 3.05) is 58.9 Å². The maximum absolute atomic E-state index is 12.3. The second-order valence-corrected chi connectivity index (χ2v) is 4.95. The van der Waals surface area contributed by atoms with Gasteiger partial charge in [0.15, 0.2) is 0 Å².